The average Bonchev–Trinajstić information content (AvgIpc) is 3.13. The number of nitro benzene ring substituents is 1. The molecule has 31 heavy (non-hydrogen) atoms. The number of carbonyl (C=O) groups is 1. The van der Waals surface area contributed by atoms with Crippen LogP contribution < -0.4 is 10.1 Å². The Hall–Kier alpha value is -3.90. The first-order valence-corrected chi connectivity index (χ1v) is 10.4. The lowest BCUT2D eigenvalue weighted by Gasteiger charge is -2.05. The van der Waals surface area contributed by atoms with E-state index in [0.29, 0.717) is 16.9 Å². The molecule has 1 amide bonds. The number of benzene rings is 2. The second-order valence-corrected chi connectivity index (χ2v) is 8.09. The predicted molar refractivity (Wildman–Crippen MR) is 112 cm³/mol. The number of non-ortho nitro benzene ring substituents is 1. The number of nitrogens with zero attached hydrogens (tertiary/aromatic N) is 4. The number of aryl methyl sites for hydroxylation is 1. The first-order valence-electron chi connectivity index (χ1n) is 8.94. The van der Waals surface area contributed by atoms with E-state index >= 15 is 0 Å². The van der Waals surface area contributed by atoms with Crippen LogP contribution in [0.2, 0.25) is 0 Å². The van der Waals surface area contributed by atoms with Crippen molar-refractivity contribution in [2.75, 3.05) is 6.54 Å². The summed E-state index contributed by atoms with van der Waals surface area (Å²) in [6, 6.07) is 13.6. The maximum absolute atomic E-state index is 12.1. The highest BCUT2D eigenvalue weighted by Crippen LogP contribution is 2.16. The minimum Gasteiger partial charge on any atom is -0.272 e. The quantitative estimate of drug-likeness (QED) is 0.307. The van der Waals surface area contributed by atoms with E-state index in [1.165, 1.54) is 35.2 Å². The van der Waals surface area contributed by atoms with E-state index in [1.807, 2.05) is 0 Å². The fourth-order valence-electron chi connectivity index (χ4n) is 2.52. The normalized spacial score (nSPS) is 11.5. The Bertz CT molecular complexity index is 1220. The van der Waals surface area contributed by atoms with Crippen LogP contribution in [0.1, 0.15) is 11.3 Å². The van der Waals surface area contributed by atoms with Gasteiger partial charge in [-0.2, -0.15) is 10.2 Å². The Kier molecular flexibility index (Phi) is 6.52. The Balaban J connectivity index is 1.58. The molecule has 0 aliphatic heterocycles. The molecule has 1 aromatic heterocycles. The third kappa shape index (κ3) is 5.58. The molecule has 0 spiro atoms. The summed E-state index contributed by atoms with van der Waals surface area (Å²) >= 11 is 0. The van der Waals surface area contributed by atoms with Crippen molar-refractivity contribution < 1.29 is 18.1 Å². The van der Waals surface area contributed by atoms with Crippen LogP contribution in [-0.2, 0) is 14.8 Å². The molecular formula is C19H18N6O5S. The van der Waals surface area contributed by atoms with Gasteiger partial charge < -0.3 is 0 Å². The molecule has 0 aliphatic carbocycles. The summed E-state index contributed by atoms with van der Waals surface area (Å²) in [5.41, 5.74) is 4.05. The van der Waals surface area contributed by atoms with Gasteiger partial charge in [0.05, 0.1) is 34.0 Å². The number of rotatable bonds is 8. The highest BCUT2D eigenvalue weighted by atomic mass is 32.2. The number of sulfonamides is 1. The summed E-state index contributed by atoms with van der Waals surface area (Å²) in [6.07, 6.45) is 3.01. The lowest BCUT2D eigenvalue weighted by molar-refractivity contribution is -0.384. The van der Waals surface area contributed by atoms with Gasteiger partial charge in [-0.05, 0) is 31.2 Å². The number of nitrogens with one attached hydrogen (secondary N) is 2. The van der Waals surface area contributed by atoms with E-state index in [4.69, 9.17) is 0 Å². The molecular weight excluding hydrogens is 424 g/mol. The van der Waals surface area contributed by atoms with E-state index in [2.05, 4.69) is 20.3 Å². The topological polar surface area (TPSA) is 149 Å². The molecule has 2 N–H and O–H groups in total. The van der Waals surface area contributed by atoms with E-state index in [1.54, 1.807) is 43.5 Å². The van der Waals surface area contributed by atoms with Crippen LogP contribution in [0, 0.1) is 17.0 Å². The van der Waals surface area contributed by atoms with Gasteiger partial charge in [0.25, 0.3) is 11.6 Å². The number of hydrazone groups is 1. The van der Waals surface area contributed by atoms with E-state index < -0.39 is 27.4 Å². The van der Waals surface area contributed by atoms with Crippen molar-refractivity contribution in [2.45, 2.75) is 11.8 Å². The SMILES string of the molecule is Cc1nn(-c2ccc([N+](=O)[O-])cc2)cc1/C=N/NC(=O)CNS(=O)(=O)c1ccccc1. The van der Waals surface area contributed by atoms with E-state index in [0.717, 1.165) is 0 Å². The molecule has 0 unspecified atom stereocenters. The van der Waals surface area contributed by atoms with Crippen molar-refractivity contribution in [1.82, 2.24) is 19.9 Å². The summed E-state index contributed by atoms with van der Waals surface area (Å²) < 4.78 is 27.9. The van der Waals surface area contributed by atoms with Gasteiger partial charge in [0.15, 0.2) is 0 Å². The van der Waals surface area contributed by atoms with Gasteiger partial charge in [0.2, 0.25) is 10.0 Å². The Morgan fingerprint density at radius 1 is 1.19 bits per heavy atom. The molecule has 3 rings (SSSR count). The zero-order valence-electron chi connectivity index (χ0n) is 16.3. The maximum atomic E-state index is 12.1. The predicted octanol–water partition coefficient (Wildman–Crippen LogP) is 1.52. The van der Waals surface area contributed by atoms with E-state index in [9.17, 15) is 23.3 Å². The van der Waals surface area contributed by atoms with Crippen molar-refractivity contribution in [2.24, 2.45) is 5.10 Å². The van der Waals surface area contributed by atoms with E-state index in [-0.39, 0.29) is 10.6 Å². The van der Waals surface area contributed by atoms with Crippen LogP contribution in [0.15, 0.2) is 70.8 Å². The highest BCUT2D eigenvalue weighted by molar-refractivity contribution is 7.89. The summed E-state index contributed by atoms with van der Waals surface area (Å²) in [5.74, 6) is -0.642. The van der Waals surface area contributed by atoms with Gasteiger partial charge >= 0.3 is 0 Å². The number of amides is 1. The van der Waals surface area contributed by atoms with Gasteiger partial charge in [0.1, 0.15) is 0 Å². The third-order valence-electron chi connectivity index (χ3n) is 4.13. The maximum Gasteiger partial charge on any atom is 0.269 e. The van der Waals surface area contributed by atoms with Gasteiger partial charge in [-0.1, -0.05) is 18.2 Å². The van der Waals surface area contributed by atoms with Crippen LogP contribution in [0.25, 0.3) is 5.69 Å². The smallest absolute Gasteiger partial charge is 0.269 e. The van der Waals surface area contributed by atoms with Gasteiger partial charge in [0, 0.05) is 23.9 Å². The summed E-state index contributed by atoms with van der Waals surface area (Å²) in [4.78, 5) is 22.2. The second kappa shape index (κ2) is 9.28. The van der Waals surface area contributed by atoms with Crippen LogP contribution in [0.4, 0.5) is 5.69 Å². The summed E-state index contributed by atoms with van der Waals surface area (Å²) in [5, 5.41) is 18.9. The van der Waals surface area contributed by atoms with Crippen molar-refractivity contribution >= 4 is 27.8 Å². The lowest BCUT2D eigenvalue weighted by atomic mass is 10.3. The zero-order chi connectivity index (χ0) is 22.4. The Labute approximate surface area is 177 Å². The number of carbonyl (C=O) groups excluding carboxylic acids is 1. The van der Waals surface area contributed by atoms with Crippen molar-refractivity contribution in [3.63, 3.8) is 0 Å². The molecule has 0 radical (unpaired) electrons. The van der Waals surface area contributed by atoms with Crippen molar-refractivity contribution in [3.8, 4) is 5.69 Å². The number of aromatic nitrogens is 2. The van der Waals surface area contributed by atoms with Crippen LogP contribution >= 0.6 is 0 Å². The molecule has 0 saturated carbocycles. The highest BCUT2D eigenvalue weighted by Gasteiger charge is 2.14. The third-order valence-corrected chi connectivity index (χ3v) is 5.55. The fraction of sp³-hybridized carbons (Fsp3) is 0.105. The lowest BCUT2D eigenvalue weighted by Crippen LogP contribution is -2.34. The Morgan fingerprint density at radius 2 is 1.87 bits per heavy atom. The first-order chi connectivity index (χ1) is 14.8. The molecule has 12 heteroatoms. The van der Waals surface area contributed by atoms with Gasteiger partial charge in [-0.25, -0.2) is 23.2 Å². The van der Waals surface area contributed by atoms with Crippen LogP contribution in [0.5, 0.6) is 0 Å². The van der Waals surface area contributed by atoms with Gasteiger partial charge in [-0.3, -0.25) is 14.9 Å². The monoisotopic (exact) mass is 442 g/mol. The summed E-state index contributed by atoms with van der Waals surface area (Å²) in [6.45, 7) is 1.26. The minimum atomic E-state index is -3.79. The molecule has 0 fully saturated rings. The second-order valence-electron chi connectivity index (χ2n) is 6.32. The first kappa shape index (κ1) is 21.8. The molecule has 2 aromatic carbocycles. The number of hydrogen-bond acceptors (Lipinski definition) is 7. The molecule has 0 bridgehead atoms. The number of nitro groups is 1. The van der Waals surface area contributed by atoms with Gasteiger partial charge in [-0.15, -0.1) is 0 Å². The summed E-state index contributed by atoms with van der Waals surface area (Å²) in [7, 11) is -3.79. The molecule has 0 saturated heterocycles. The fourth-order valence-corrected chi connectivity index (χ4v) is 3.52. The molecule has 11 nitrogen and oxygen atoms in total. The average molecular weight is 442 g/mol. The Morgan fingerprint density at radius 3 is 2.52 bits per heavy atom. The number of hydrogen-bond donors (Lipinski definition) is 2. The van der Waals surface area contributed by atoms with Crippen LogP contribution in [0.3, 0.4) is 0 Å². The molecule has 0 atom stereocenters. The molecule has 0 aliphatic rings. The minimum absolute atomic E-state index is 0.0278. The molecule has 1 heterocycles. The molecule has 3 aromatic rings. The van der Waals surface area contributed by atoms with Crippen molar-refractivity contribution in [1.29, 1.82) is 0 Å². The zero-order valence-corrected chi connectivity index (χ0v) is 17.1. The van der Waals surface area contributed by atoms with Crippen LogP contribution in [-0.4, -0.2) is 41.8 Å². The molecule has 160 valence electrons. The van der Waals surface area contributed by atoms with Crippen molar-refractivity contribution in [3.05, 3.63) is 82.2 Å². The standard InChI is InChI=1S/C19H18N6O5S/c1-14-15(13-24(23-14)16-7-9-17(10-8-16)25(27)28)11-20-22-19(26)12-21-31(29,30)18-5-3-2-4-6-18/h2-11,13,21H,12H2,1H3,(H,22,26)/b20-11+. The largest absolute Gasteiger partial charge is 0.272 e.